The molecule has 0 radical (unpaired) electrons. The van der Waals surface area contributed by atoms with E-state index in [-0.39, 0.29) is 17.5 Å². The number of carbonyl (C=O) groups is 1. The zero-order chi connectivity index (χ0) is 18.4. The molecule has 5 heteroatoms. The monoisotopic (exact) mass is 345 g/mol. The van der Waals surface area contributed by atoms with E-state index >= 15 is 0 Å². The van der Waals surface area contributed by atoms with E-state index in [1.54, 1.807) is 6.07 Å². The van der Waals surface area contributed by atoms with Crippen LogP contribution in [-0.4, -0.2) is 26.2 Å². The standard InChI is InChI=1S/C20H24FNO3/c1-20(2,3)14-5-7-15(8-6-14)25-12-11-22-19(23)17-10-9-16(24-4)13-18(17)21/h5-10,13H,11-12H2,1-4H3,(H,22,23). The second kappa shape index (κ2) is 8.01. The van der Waals surface area contributed by atoms with Gasteiger partial charge in [-0.1, -0.05) is 32.9 Å². The van der Waals surface area contributed by atoms with Crippen LogP contribution in [-0.2, 0) is 5.41 Å². The molecule has 0 fully saturated rings. The lowest BCUT2D eigenvalue weighted by Crippen LogP contribution is -2.28. The number of hydrogen-bond donors (Lipinski definition) is 1. The van der Waals surface area contributed by atoms with Crippen LogP contribution in [0.15, 0.2) is 42.5 Å². The molecule has 134 valence electrons. The van der Waals surface area contributed by atoms with Crippen LogP contribution in [0, 0.1) is 5.82 Å². The molecule has 0 aliphatic rings. The molecule has 0 spiro atoms. The lowest BCUT2D eigenvalue weighted by atomic mass is 9.87. The smallest absolute Gasteiger partial charge is 0.254 e. The Labute approximate surface area is 148 Å². The first kappa shape index (κ1) is 18.8. The molecule has 1 amide bonds. The summed E-state index contributed by atoms with van der Waals surface area (Å²) < 4.78 is 24.3. The van der Waals surface area contributed by atoms with Gasteiger partial charge in [-0.15, -0.1) is 0 Å². The van der Waals surface area contributed by atoms with Gasteiger partial charge >= 0.3 is 0 Å². The van der Waals surface area contributed by atoms with Gasteiger partial charge < -0.3 is 14.8 Å². The van der Waals surface area contributed by atoms with Gasteiger partial charge in [0.25, 0.3) is 5.91 Å². The van der Waals surface area contributed by atoms with Crippen molar-refractivity contribution in [3.05, 3.63) is 59.4 Å². The summed E-state index contributed by atoms with van der Waals surface area (Å²) in [5.74, 6) is 0.0105. The number of rotatable bonds is 6. The summed E-state index contributed by atoms with van der Waals surface area (Å²) in [6, 6.07) is 12.0. The summed E-state index contributed by atoms with van der Waals surface area (Å²) in [6.07, 6.45) is 0. The molecule has 4 nitrogen and oxygen atoms in total. The molecule has 0 aliphatic heterocycles. The topological polar surface area (TPSA) is 47.6 Å². The first-order chi connectivity index (χ1) is 11.8. The molecule has 25 heavy (non-hydrogen) atoms. The van der Waals surface area contributed by atoms with Crippen molar-refractivity contribution in [2.24, 2.45) is 0 Å². The van der Waals surface area contributed by atoms with Crippen molar-refractivity contribution in [3.8, 4) is 11.5 Å². The van der Waals surface area contributed by atoms with E-state index in [0.717, 1.165) is 5.75 Å². The van der Waals surface area contributed by atoms with Crippen molar-refractivity contribution in [2.75, 3.05) is 20.3 Å². The van der Waals surface area contributed by atoms with Gasteiger partial charge in [-0.25, -0.2) is 4.39 Å². The third kappa shape index (κ3) is 5.21. The molecule has 2 aromatic rings. The average molecular weight is 345 g/mol. The number of amides is 1. The third-order valence-electron chi connectivity index (χ3n) is 3.80. The van der Waals surface area contributed by atoms with E-state index in [1.807, 2.05) is 24.3 Å². The maximum Gasteiger partial charge on any atom is 0.254 e. The number of halogens is 1. The second-order valence-electron chi connectivity index (χ2n) is 6.72. The summed E-state index contributed by atoms with van der Waals surface area (Å²) in [5, 5.41) is 2.64. The molecule has 0 heterocycles. The highest BCUT2D eigenvalue weighted by Crippen LogP contribution is 2.24. The van der Waals surface area contributed by atoms with Gasteiger partial charge in [-0.3, -0.25) is 4.79 Å². The van der Waals surface area contributed by atoms with Gasteiger partial charge in [0.2, 0.25) is 0 Å². The minimum Gasteiger partial charge on any atom is -0.497 e. The van der Waals surface area contributed by atoms with E-state index in [0.29, 0.717) is 12.4 Å². The van der Waals surface area contributed by atoms with Crippen LogP contribution in [0.25, 0.3) is 0 Å². The van der Waals surface area contributed by atoms with Gasteiger partial charge in [0.05, 0.1) is 19.2 Å². The van der Waals surface area contributed by atoms with Crippen LogP contribution < -0.4 is 14.8 Å². The molecule has 0 aromatic heterocycles. The SMILES string of the molecule is COc1ccc(C(=O)NCCOc2ccc(C(C)(C)C)cc2)c(F)c1. The highest BCUT2D eigenvalue weighted by Gasteiger charge is 2.13. The summed E-state index contributed by atoms with van der Waals surface area (Å²) >= 11 is 0. The van der Waals surface area contributed by atoms with E-state index in [2.05, 4.69) is 26.1 Å². The van der Waals surface area contributed by atoms with Crippen molar-refractivity contribution >= 4 is 5.91 Å². The number of methoxy groups -OCH3 is 1. The normalized spacial score (nSPS) is 11.1. The summed E-state index contributed by atoms with van der Waals surface area (Å²) in [5.41, 5.74) is 1.30. The van der Waals surface area contributed by atoms with E-state index < -0.39 is 11.7 Å². The molecular weight excluding hydrogens is 321 g/mol. The molecule has 0 saturated carbocycles. The number of benzene rings is 2. The maximum atomic E-state index is 13.8. The molecule has 2 rings (SSSR count). The number of nitrogens with one attached hydrogen (secondary N) is 1. The molecule has 0 atom stereocenters. The van der Waals surface area contributed by atoms with Crippen molar-refractivity contribution in [1.29, 1.82) is 0 Å². The molecule has 1 N–H and O–H groups in total. The maximum absolute atomic E-state index is 13.8. The van der Waals surface area contributed by atoms with E-state index in [1.165, 1.54) is 24.8 Å². The summed E-state index contributed by atoms with van der Waals surface area (Å²) in [4.78, 5) is 12.0. The highest BCUT2D eigenvalue weighted by molar-refractivity contribution is 5.94. The van der Waals surface area contributed by atoms with Crippen LogP contribution in [0.3, 0.4) is 0 Å². The molecule has 0 saturated heterocycles. The Kier molecular flexibility index (Phi) is 6.02. The van der Waals surface area contributed by atoms with Crippen molar-refractivity contribution in [3.63, 3.8) is 0 Å². The van der Waals surface area contributed by atoms with Gasteiger partial charge in [0, 0.05) is 6.07 Å². The fraction of sp³-hybridized carbons (Fsp3) is 0.350. The number of ether oxygens (including phenoxy) is 2. The summed E-state index contributed by atoms with van der Waals surface area (Å²) in [6.45, 7) is 7.04. The first-order valence-corrected chi connectivity index (χ1v) is 8.16. The van der Waals surface area contributed by atoms with Crippen LogP contribution in [0.2, 0.25) is 0 Å². The Balaban J connectivity index is 1.82. The fourth-order valence-electron chi connectivity index (χ4n) is 2.29. The van der Waals surface area contributed by atoms with Crippen LogP contribution in [0.4, 0.5) is 4.39 Å². The van der Waals surface area contributed by atoms with Gasteiger partial charge in [-0.05, 0) is 35.2 Å². The quantitative estimate of drug-likeness (QED) is 0.807. The second-order valence-corrected chi connectivity index (χ2v) is 6.72. The van der Waals surface area contributed by atoms with E-state index in [4.69, 9.17) is 9.47 Å². The van der Waals surface area contributed by atoms with Crippen LogP contribution in [0.5, 0.6) is 11.5 Å². The van der Waals surface area contributed by atoms with Crippen LogP contribution >= 0.6 is 0 Å². The first-order valence-electron chi connectivity index (χ1n) is 8.16. The number of carbonyl (C=O) groups excluding carboxylic acids is 1. The lowest BCUT2D eigenvalue weighted by molar-refractivity contribution is 0.0943. The zero-order valence-electron chi connectivity index (χ0n) is 15.1. The highest BCUT2D eigenvalue weighted by atomic mass is 19.1. The Morgan fingerprint density at radius 2 is 1.72 bits per heavy atom. The van der Waals surface area contributed by atoms with Crippen LogP contribution in [0.1, 0.15) is 36.7 Å². The van der Waals surface area contributed by atoms with Gasteiger partial charge in [0.1, 0.15) is 23.9 Å². The Hall–Kier alpha value is -2.56. The lowest BCUT2D eigenvalue weighted by Gasteiger charge is -2.19. The molecule has 0 bridgehead atoms. The van der Waals surface area contributed by atoms with Crippen molar-refractivity contribution < 1.29 is 18.7 Å². The molecule has 0 aliphatic carbocycles. The zero-order valence-corrected chi connectivity index (χ0v) is 15.1. The average Bonchev–Trinajstić information content (AvgIpc) is 2.58. The van der Waals surface area contributed by atoms with Gasteiger partial charge in [-0.2, -0.15) is 0 Å². The number of hydrogen-bond acceptors (Lipinski definition) is 3. The molecule has 2 aromatic carbocycles. The Morgan fingerprint density at radius 3 is 2.28 bits per heavy atom. The summed E-state index contributed by atoms with van der Waals surface area (Å²) in [7, 11) is 1.44. The minimum atomic E-state index is -0.615. The van der Waals surface area contributed by atoms with E-state index in [9.17, 15) is 9.18 Å². The predicted molar refractivity (Wildman–Crippen MR) is 95.9 cm³/mol. The Bertz CT molecular complexity index is 721. The largest absolute Gasteiger partial charge is 0.497 e. The Morgan fingerprint density at radius 1 is 1.08 bits per heavy atom. The molecular formula is C20H24FNO3. The third-order valence-corrected chi connectivity index (χ3v) is 3.80. The minimum absolute atomic E-state index is 0.0182. The van der Waals surface area contributed by atoms with Gasteiger partial charge in [0.15, 0.2) is 0 Å². The van der Waals surface area contributed by atoms with Crippen molar-refractivity contribution in [2.45, 2.75) is 26.2 Å². The predicted octanol–water partition coefficient (Wildman–Crippen LogP) is 3.94. The molecule has 0 unspecified atom stereocenters. The van der Waals surface area contributed by atoms with Crippen molar-refractivity contribution in [1.82, 2.24) is 5.32 Å². The fourth-order valence-corrected chi connectivity index (χ4v) is 2.29.